The first-order valence-corrected chi connectivity index (χ1v) is 7.95. The molecule has 0 spiro atoms. The van der Waals surface area contributed by atoms with Gasteiger partial charge >= 0.3 is 0 Å². The SMILES string of the molecule is Cc1noc(C)c1CC(=O)Nc1sc2c(c1C(N)=O)CCC2. The molecule has 0 bridgehead atoms. The highest BCUT2D eigenvalue weighted by Gasteiger charge is 2.26. The Bertz CT molecular complexity index is 741. The van der Waals surface area contributed by atoms with Crippen LogP contribution in [0, 0.1) is 13.8 Å². The van der Waals surface area contributed by atoms with Gasteiger partial charge in [0.05, 0.1) is 17.7 Å². The predicted molar refractivity (Wildman–Crippen MR) is 83.2 cm³/mol. The van der Waals surface area contributed by atoms with Gasteiger partial charge in [0.1, 0.15) is 10.8 Å². The van der Waals surface area contributed by atoms with E-state index in [0.717, 1.165) is 35.3 Å². The van der Waals surface area contributed by atoms with E-state index in [0.29, 0.717) is 22.0 Å². The summed E-state index contributed by atoms with van der Waals surface area (Å²) in [6.45, 7) is 3.57. The summed E-state index contributed by atoms with van der Waals surface area (Å²) >= 11 is 1.45. The number of hydrogen-bond acceptors (Lipinski definition) is 5. The molecule has 2 aromatic rings. The predicted octanol–water partition coefficient (Wildman–Crippen LogP) is 2.12. The van der Waals surface area contributed by atoms with Gasteiger partial charge in [-0.2, -0.15) is 0 Å². The van der Waals surface area contributed by atoms with Gasteiger partial charge in [0.15, 0.2) is 0 Å². The highest BCUT2D eigenvalue weighted by Crippen LogP contribution is 2.38. The van der Waals surface area contributed by atoms with Crippen LogP contribution in [0.2, 0.25) is 0 Å². The van der Waals surface area contributed by atoms with Crippen LogP contribution in [-0.4, -0.2) is 17.0 Å². The van der Waals surface area contributed by atoms with Crippen LogP contribution in [0.25, 0.3) is 0 Å². The fraction of sp³-hybridized carbons (Fsp3) is 0.400. The Balaban J connectivity index is 1.82. The van der Waals surface area contributed by atoms with Gasteiger partial charge in [0.2, 0.25) is 5.91 Å². The lowest BCUT2D eigenvalue weighted by Crippen LogP contribution is -2.19. The third-order valence-electron chi connectivity index (χ3n) is 3.94. The monoisotopic (exact) mass is 319 g/mol. The zero-order valence-corrected chi connectivity index (χ0v) is 13.3. The minimum Gasteiger partial charge on any atom is -0.365 e. The summed E-state index contributed by atoms with van der Waals surface area (Å²) < 4.78 is 5.06. The van der Waals surface area contributed by atoms with Crippen LogP contribution in [-0.2, 0) is 24.1 Å². The van der Waals surface area contributed by atoms with Crippen molar-refractivity contribution in [2.24, 2.45) is 5.73 Å². The summed E-state index contributed by atoms with van der Waals surface area (Å²) in [5.74, 6) is -0.0414. The zero-order valence-electron chi connectivity index (χ0n) is 12.5. The van der Waals surface area contributed by atoms with E-state index in [1.54, 1.807) is 13.8 Å². The van der Waals surface area contributed by atoms with E-state index in [2.05, 4.69) is 10.5 Å². The molecular weight excluding hydrogens is 302 g/mol. The normalized spacial score (nSPS) is 13.2. The maximum atomic E-state index is 12.3. The third kappa shape index (κ3) is 2.52. The van der Waals surface area contributed by atoms with Crippen molar-refractivity contribution in [1.82, 2.24) is 5.16 Å². The number of aromatic nitrogens is 1. The molecule has 3 N–H and O–H groups in total. The molecule has 2 amide bonds. The maximum absolute atomic E-state index is 12.3. The van der Waals surface area contributed by atoms with E-state index in [1.165, 1.54) is 11.3 Å². The zero-order chi connectivity index (χ0) is 15.9. The van der Waals surface area contributed by atoms with Crippen LogP contribution in [0.5, 0.6) is 0 Å². The van der Waals surface area contributed by atoms with Crippen molar-refractivity contribution >= 4 is 28.2 Å². The second-order valence-electron chi connectivity index (χ2n) is 5.45. The van der Waals surface area contributed by atoms with Crippen LogP contribution in [0.1, 0.15) is 44.2 Å². The summed E-state index contributed by atoms with van der Waals surface area (Å²) in [5.41, 5.74) is 8.45. The Kier molecular flexibility index (Phi) is 3.74. The van der Waals surface area contributed by atoms with Gasteiger partial charge in [0.25, 0.3) is 5.91 Å². The Morgan fingerprint density at radius 3 is 2.77 bits per heavy atom. The lowest BCUT2D eigenvalue weighted by atomic mass is 10.1. The number of fused-ring (bicyclic) bond motifs is 1. The molecular formula is C15H17N3O3S. The molecule has 0 atom stereocenters. The number of aryl methyl sites for hydroxylation is 3. The van der Waals surface area contributed by atoms with E-state index >= 15 is 0 Å². The number of carbonyl (C=O) groups excluding carboxylic acids is 2. The molecule has 0 radical (unpaired) electrons. The molecule has 3 rings (SSSR count). The average Bonchev–Trinajstić information content (AvgIpc) is 3.08. The highest BCUT2D eigenvalue weighted by molar-refractivity contribution is 7.17. The topological polar surface area (TPSA) is 98.2 Å². The number of carbonyl (C=O) groups is 2. The van der Waals surface area contributed by atoms with Crippen molar-refractivity contribution in [2.45, 2.75) is 39.5 Å². The summed E-state index contributed by atoms with van der Waals surface area (Å²) in [6.07, 6.45) is 3.00. The van der Waals surface area contributed by atoms with Crippen molar-refractivity contribution in [2.75, 3.05) is 5.32 Å². The largest absolute Gasteiger partial charge is 0.365 e. The Hall–Kier alpha value is -2.15. The molecule has 0 aliphatic heterocycles. The average molecular weight is 319 g/mol. The van der Waals surface area contributed by atoms with E-state index in [4.69, 9.17) is 10.3 Å². The Morgan fingerprint density at radius 2 is 2.14 bits per heavy atom. The number of primary amides is 1. The number of thiophene rings is 1. The van der Waals surface area contributed by atoms with E-state index in [1.807, 2.05) is 0 Å². The van der Waals surface area contributed by atoms with E-state index in [9.17, 15) is 9.59 Å². The fourth-order valence-corrected chi connectivity index (χ4v) is 4.15. The molecule has 6 nitrogen and oxygen atoms in total. The fourth-order valence-electron chi connectivity index (χ4n) is 2.84. The van der Waals surface area contributed by atoms with Gasteiger partial charge < -0.3 is 15.6 Å². The van der Waals surface area contributed by atoms with Gasteiger partial charge in [-0.3, -0.25) is 9.59 Å². The van der Waals surface area contributed by atoms with Crippen LogP contribution < -0.4 is 11.1 Å². The molecule has 2 heterocycles. The quantitative estimate of drug-likeness (QED) is 0.901. The lowest BCUT2D eigenvalue weighted by Gasteiger charge is -2.06. The van der Waals surface area contributed by atoms with Gasteiger partial charge in [-0.15, -0.1) is 11.3 Å². The molecule has 1 aliphatic carbocycles. The summed E-state index contributed by atoms with van der Waals surface area (Å²) in [7, 11) is 0. The summed E-state index contributed by atoms with van der Waals surface area (Å²) in [5, 5.41) is 7.22. The van der Waals surface area contributed by atoms with Gasteiger partial charge in [-0.1, -0.05) is 5.16 Å². The molecule has 0 fully saturated rings. The first-order chi connectivity index (χ1) is 10.5. The van der Waals surface area contributed by atoms with Crippen LogP contribution in [0.4, 0.5) is 5.00 Å². The van der Waals surface area contributed by atoms with Gasteiger partial charge in [-0.25, -0.2) is 0 Å². The Morgan fingerprint density at radius 1 is 1.36 bits per heavy atom. The number of nitrogens with one attached hydrogen (secondary N) is 1. The lowest BCUT2D eigenvalue weighted by molar-refractivity contribution is -0.115. The first-order valence-electron chi connectivity index (χ1n) is 7.13. The van der Waals surface area contributed by atoms with Crippen LogP contribution in [0.3, 0.4) is 0 Å². The number of nitrogens with zero attached hydrogens (tertiary/aromatic N) is 1. The van der Waals surface area contributed by atoms with E-state index < -0.39 is 5.91 Å². The van der Waals surface area contributed by atoms with Gasteiger partial charge in [-0.05, 0) is 38.7 Å². The minimum atomic E-state index is -0.480. The summed E-state index contributed by atoms with van der Waals surface area (Å²) in [6, 6.07) is 0. The molecule has 1 aliphatic rings. The minimum absolute atomic E-state index is 0.169. The molecule has 2 aromatic heterocycles. The first kappa shape index (κ1) is 14.8. The van der Waals surface area contributed by atoms with Gasteiger partial charge in [0, 0.05) is 10.4 Å². The highest BCUT2D eigenvalue weighted by atomic mass is 32.1. The molecule has 0 unspecified atom stereocenters. The van der Waals surface area contributed by atoms with Crippen molar-refractivity contribution in [3.8, 4) is 0 Å². The number of amides is 2. The van der Waals surface area contributed by atoms with Crippen LogP contribution in [0.15, 0.2) is 4.52 Å². The molecule has 0 saturated heterocycles. The molecule has 0 saturated carbocycles. The van der Waals surface area contributed by atoms with Crippen LogP contribution >= 0.6 is 11.3 Å². The molecule has 0 aromatic carbocycles. The summed E-state index contributed by atoms with van der Waals surface area (Å²) in [4.78, 5) is 25.1. The van der Waals surface area contributed by atoms with Crippen molar-refractivity contribution in [3.63, 3.8) is 0 Å². The third-order valence-corrected chi connectivity index (χ3v) is 5.15. The number of rotatable bonds is 4. The second kappa shape index (κ2) is 5.57. The number of anilines is 1. The standard InChI is InChI=1S/C15H17N3O3S/c1-7-10(8(2)21-18-7)6-12(19)17-15-13(14(16)20)9-4-3-5-11(9)22-15/h3-6H2,1-2H3,(H2,16,20)(H,17,19). The number of hydrogen-bond donors (Lipinski definition) is 2. The molecule has 22 heavy (non-hydrogen) atoms. The molecule has 116 valence electrons. The van der Waals surface area contributed by atoms with Crippen molar-refractivity contribution in [1.29, 1.82) is 0 Å². The maximum Gasteiger partial charge on any atom is 0.251 e. The van der Waals surface area contributed by atoms with Crippen molar-refractivity contribution < 1.29 is 14.1 Å². The second-order valence-corrected chi connectivity index (χ2v) is 6.56. The smallest absolute Gasteiger partial charge is 0.251 e. The molecule has 7 heteroatoms. The van der Waals surface area contributed by atoms with Crippen molar-refractivity contribution in [3.05, 3.63) is 33.0 Å². The Labute approximate surface area is 131 Å². The number of nitrogens with two attached hydrogens (primary N) is 1. The van der Waals surface area contributed by atoms with E-state index in [-0.39, 0.29) is 12.3 Å².